The minimum Gasteiger partial charge on any atom is -0.396 e. The molecule has 3 aromatic rings. The van der Waals surface area contributed by atoms with Gasteiger partial charge in [0.05, 0.1) is 17.8 Å². The maximum absolute atomic E-state index is 9.46. The molecule has 2 unspecified atom stereocenters. The number of aryl methyl sites for hydroxylation is 1. The molecule has 168 valence electrons. The molecule has 32 heavy (non-hydrogen) atoms. The fourth-order valence-corrected chi connectivity index (χ4v) is 4.94. The first-order chi connectivity index (χ1) is 15.4. The van der Waals surface area contributed by atoms with Crippen molar-refractivity contribution in [3.63, 3.8) is 0 Å². The zero-order valence-corrected chi connectivity index (χ0v) is 19.9. The number of aromatic nitrogens is 2. The standard InChI is InChI=1S/C25H31N5OS/c1-17-16-21(18(2)30(17)20-11-9-19(10-12-20)28(3)4)24-23(22-8-5-6-13-26-22)27-25(32)29(24)14-7-15-31/h5-6,8-13,16,23-24,31H,7,14-15H2,1-4H3,(H,27,32). The van der Waals surface area contributed by atoms with Crippen molar-refractivity contribution in [2.24, 2.45) is 0 Å². The van der Waals surface area contributed by atoms with Crippen molar-refractivity contribution in [3.05, 3.63) is 77.4 Å². The summed E-state index contributed by atoms with van der Waals surface area (Å²) in [6.07, 6.45) is 2.49. The predicted octanol–water partition coefficient (Wildman–Crippen LogP) is 3.91. The Morgan fingerprint density at radius 2 is 1.88 bits per heavy atom. The van der Waals surface area contributed by atoms with Gasteiger partial charge >= 0.3 is 0 Å². The molecule has 1 fully saturated rings. The number of benzene rings is 1. The highest BCUT2D eigenvalue weighted by Crippen LogP contribution is 2.41. The third-order valence-electron chi connectivity index (χ3n) is 6.17. The van der Waals surface area contributed by atoms with Gasteiger partial charge in [-0.25, -0.2) is 0 Å². The summed E-state index contributed by atoms with van der Waals surface area (Å²) >= 11 is 5.72. The lowest BCUT2D eigenvalue weighted by atomic mass is 9.96. The molecule has 4 rings (SSSR count). The SMILES string of the molecule is Cc1cc(C2C(c3ccccn3)NC(=S)N2CCCO)c(C)n1-c1ccc(N(C)C)cc1. The fourth-order valence-electron chi connectivity index (χ4n) is 4.61. The molecular formula is C25H31N5OS. The number of aliphatic hydroxyl groups is 1. The average molecular weight is 450 g/mol. The van der Waals surface area contributed by atoms with Gasteiger partial charge in [0, 0.05) is 56.2 Å². The zero-order chi connectivity index (χ0) is 22.8. The maximum atomic E-state index is 9.46. The molecule has 1 aliphatic heterocycles. The van der Waals surface area contributed by atoms with Gasteiger partial charge in [-0.15, -0.1) is 0 Å². The summed E-state index contributed by atoms with van der Waals surface area (Å²) in [5, 5.41) is 13.7. The summed E-state index contributed by atoms with van der Waals surface area (Å²) < 4.78 is 2.30. The molecule has 0 radical (unpaired) electrons. The lowest BCUT2D eigenvalue weighted by Gasteiger charge is -2.28. The minimum atomic E-state index is -0.0486. The fraction of sp³-hybridized carbons (Fsp3) is 0.360. The molecule has 0 aliphatic carbocycles. The molecule has 0 spiro atoms. The van der Waals surface area contributed by atoms with Crippen molar-refractivity contribution in [1.82, 2.24) is 19.8 Å². The second kappa shape index (κ2) is 9.30. The lowest BCUT2D eigenvalue weighted by Crippen LogP contribution is -2.31. The summed E-state index contributed by atoms with van der Waals surface area (Å²) in [6, 6.07) is 16.8. The van der Waals surface area contributed by atoms with Crippen LogP contribution in [0.4, 0.5) is 5.69 Å². The molecule has 0 saturated carbocycles. The predicted molar refractivity (Wildman–Crippen MR) is 133 cm³/mol. The van der Waals surface area contributed by atoms with E-state index in [1.165, 1.54) is 22.6 Å². The molecule has 1 saturated heterocycles. The van der Waals surface area contributed by atoms with E-state index in [0.717, 1.165) is 11.4 Å². The number of nitrogens with zero attached hydrogens (tertiary/aromatic N) is 4. The van der Waals surface area contributed by atoms with E-state index in [4.69, 9.17) is 12.2 Å². The van der Waals surface area contributed by atoms with Crippen LogP contribution in [0.3, 0.4) is 0 Å². The minimum absolute atomic E-state index is 0.00458. The van der Waals surface area contributed by atoms with Gasteiger partial charge in [-0.2, -0.15) is 0 Å². The van der Waals surface area contributed by atoms with Crippen molar-refractivity contribution in [2.45, 2.75) is 32.4 Å². The van der Waals surface area contributed by atoms with Gasteiger partial charge in [-0.1, -0.05) is 6.07 Å². The van der Waals surface area contributed by atoms with Gasteiger partial charge in [0.25, 0.3) is 0 Å². The van der Waals surface area contributed by atoms with Crippen molar-refractivity contribution in [1.29, 1.82) is 0 Å². The highest BCUT2D eigenvalue weighted by Gasteiger charge is 2.41. The summed E-state index contributed by atoms with van der Waals surface area (Å²) in [5.41, 5.74) is 6.86. The average Bonchev–Trinajstić information content (AvgIpc) is 3.27. The summed E-state index contributed by atoms with van der Waals surface area (Å²) in [7, 11) is 4.10. The molecule has 1 aliphatic rings. The van der Waals surface area contributed by atoms with Crippen LogP contribution in [0.25, 0.3) is 5.69 Å². The molecule has 7 heteroatoms. The first-order valence-electron chi connectivity index (χ1n) is 11.0. The van der Waals surface area contributed by atoms with E-state index in [1.54, 1.807) is 0 Å². The molecule has 6 nitrogen and oxygen atoms in total. The number of thiocarbonyl (C=S) groups is 1. The molecule has 1 aromatic carbocycles. The second-order valence-electron chi connectivity index (χ2n) is 8.47. The number of rotatable bonds is 7. The maximum Gasteiger partial charge on any atom is 0.170 e. The van der Waals surface area contributed by atoms with Crippen molar-refractivity contribution >= 4 is 23.0 Å². The number of hydrogen-bond acceptors (Lipinski definition) is 4. The van der Waals surface area contributed by atoms with Gasteiger partial charge in [0.15, 0.2) is 5.11 Å². The number of anilines is 1. The Bertz CT molecular complexity index is 1080. The van der Waals surface area contributed by atoms with Gasteiger partial charge in [0.1, 0.15) is 0 Å². The van der Waals surface area contributed by atoms with Crippen LogP contribution in [-0.2, 0) is 0 Å². The van der Waals surface area contributed by atoms with E-state index < -0.39 is 0 Å². The van der Waals surface area contributed by atoms with Crippen LogP contribution in [0, 0.1) is 13.8 Å². The topological polar surface area (TPSA) is 56.6 Å². The molecule has 2 N–H and O–H groups in total. The zero-order valence-electron chi connectivity index (χ0n) is 19.1. The monoisotopic (exact) mass is 449 g/mol. The van der Waals surface area contributed by atoms with E-state index in [9.17, 15) is 5.11 Å². The number of nitrogens with one attached hydrogen (secondary N) is 1. The van der Waals surface area contributed by atoms with Crippen LogP contribution in [-0.4, -0.2) is 51.9 Å². The largest absolute Gasteiger partial charge is 0.396 e. The van der Waals surface area contributed by atoms with E-state index >= 15 is 0 Å². The summed E-state index contributed by atoms with van der Waals surface area (Å²) in [4.78, 5) is 8.92. The number of pyridine rings is 1. The van der Waals surface area contributed by atoms with E-state index in [-0.39, 0.29) is 18.7 Å². The molecule has 0 amide bonds. The van der Waals surface area contributed by atoms with Crippen LogP contribution in [0.5, 0.6) is 0 Å². The Morgan fingerprint density at radius 1 is 1.12 bits per heavy atom. The van der Waals surface area contributed by atoms with Gasteiger partial charge in [-0.3, -0.25) is 4.98 Å². The van der Waals surface area contributed by atoms with E-state index in [2.05, 4.69) is 68.8 Å². The van der Waals surface area contributed by atoms with Gasteiger partial charge < -0.3 is 24.8 Å². The summed E-state index contributed by atoms with van der Waals surface area (Å²) in [5.74, 6) is 0. The molecule has 2 atom stereocenters. The number of hydrogen-bond donors (Lipinski definition) is 2. The normalized spacial score (nSPS) is 18.2. The Morgan fingerprint density at radius 3 is 2.50 bits per heavy atom. The van der Waals surface area contributed by atoms with Crippen molar-refractivity contribution in [2.75, 3.05) is 32.1 Å². The van der Waals surface area contributed by atoms with Crippen molar-refractivity contribution in [3.8, 4) is 5.69 Å². The van der Waals surface area contributed by atoms with E-state index in [1.807, 2.05) is 38.5 Å². The van der Waals surface area contributed by atoms with Crippen LogP contribution in [0.15, 0.2) is 54.7 Å². The van der Waals surface area contributed by atoms with Crippen LogP contribution >= 0.6 is 12.2 Å². The summed E-state index contributed by atoms with van der Waals surface area (Å²) in [6.45, 7) is 5.14. The molecule has 3 heterocycles. The van der Waals surface area contributed by atoms with Gasteiger partial charge in [-0.05, 0) is 80.5 Å². The first kappa shape index (κ1) is 22.3. The van der Waals surface area contributed by atoms with Crippen LogP contribution in [0.1, 0.15) is 41.1 Å². The van der Waals surface area contributed by atoms with Crippen molar-refractivity contribution < 1.29 is 5.11 Å². The quantitative estimate of drug-likeness (QED) is 0.534. The molecule has 0 bridgehead atoms. The smallest absolute Gasteiger partial charge is 0.170 e. The Balaban J connectivity index is 1.78. The molecule has 2 aromatic heterocycles. The van der Waals surface area contributed by atoms with Crippen LogP contribution in [0.2, 0.25) is 0 Å². The third-order valence-corrected chi connectivity index (χ3v) is 6.52. The van der Waals surface area contributed by atoms with E-state index in [0.29, 0.717) is 18.1 Å². The Labute approximate surface area is 195 Å². The van der Waals surface area contributed by atoms with Crippen LogP contribution < -0.4 is 10.2 Å². The lowest BCUT2D eigenvalue weighted by molar-refractivity contribution is 0.247. The number of aliphatic hydroxyl groups excluding tert-OH is 1. The Kier molecular flexibility index (Phi) is 6.48. The highest BCUT2D eigenvalue weighted by atomic mass is 32.1. The second-order valence-corrected chi connectivity index (χ2v) is 8.86. The third kappa shape index (κ3) is 4.10. The highest BCUT2D eigenvalue weighted by molar-refractivity contribution is 7.80. The van der Waals surface area contributed by atoms with Gasteiger partial charge in [0.2, 0.25) is 0 Å². The Hall–Kier alpha value is -2.90. The molecular weight excluding hydrogens is 418 g/mol. The first-order valence-corrected chi connectivity index (χ1v) is 11.4.